The van der Waals surface area contributed by atoms with E-state index in [4.69, 9.17) is 10.2 Å². The van der Waals surface area contributed by atoms with Crippen LogP contribution in [-0.2, 0) is 9.59 Å². The molecule has 0 aromatic carbocycles. The van der Waals surface area contributed by atoms with E-state index < -0.39 is 17.8 Å². The molecule has 0 amide bonds. The van der Waals surface area contributed by atoms with Crippen molar-refractivity contribution in [2.45, 2.75) is 44.2 Å². The van der Waals surface area contributed by atoms with Crippen LogP contribution in [0.2, 0.25) is 0 Å². The highest BCUT2D eigenvalue weighted by Gasteiger charge is 2.26. The first-order chi connectivity index (χ1) is 7.15. The van der Waals surface area contributed by atoms with E-state index in [1.54, 1.807) is 0 Å². The Morgan fingerprint density at radius 3 is 2.33 bits per heavy atom. The average Bonchev–Trinajstić information content (AvgIpc) is 2.26. The molecule has 1 unspecified atom stereocenters. The normalized spacial score (nSPS) is 19.2. The molecule has 84 valence electrons. The molecular formula is C10H15NO4. The molecule has 1 fully saturated rings. The van der Waals surface area contributed by atoms with Crippen molar-refractivity contribution >= 4 is 11.9 Å². The molecule has 0 heterocycles. The maximum atomic E-state index is 10.8. The maximum Gasteiger partial charge on any atom is 0.329 e. The first kappa shape index (κ1) is 11.8. The molecule has 5 heteroatoms. The largest absolute Gasteiger partial charge is 0.500 e. The van der Waals surface area contributed by atoms with Crippen LogP contribution in [-0.4, -0.2) is 34.2 Å². The van der Waals surface area contributed by atoms with E-state index >= 15 is 0 Å². The Kier molecular flexibility index (Phi) is 4.34. The van der Waals surface area contributed by atoms with Crippen molar-refractivity contribution < 1.29 is 19.8 Å². The first-order valence-electron chi connectivity index (χ1n) is 5.08. The van der Waals surface area contributed by atoms with Crippen LogP contribution in [0.1, 0.15) is 32.1 Å². The third-order valence-corrected chi connectivity index (χ3v) is 2.63. The summed E-state index contributed by atoms with van der Waals surface area (Å²) in [6.45, 7) is 0. The molecule has 0 radical (unpaired) electrons. The molecule has 0 aliphatic heterocycles. The molecule has 1 aliphatic rings. The third kappa shape index (κ3) is 3.38. The summed E-state index contributed by atoms with van der Waals surface area (Å²) in [5.74, 6) is -0.818. The minimum atomic E-state index is -1.31. The highest BCUT2D eigenvalue weighted by Crippen LogP contribution is 2.18. The fourth-order valence-corrected chi connectivity index (χ4v) is 1.83. The maximum absolute atomic E-state index is 10.8. The zero-order chi connectivity index (χ0) is 11.3. The summed E-state index contributed by atoms with van der Waals surface area (Å²) in [6, 6.07) is -1.25. The van der Waals surface area contributed by atoms with Crippen LogP contribution in [0.5, 0.6) is 0 Å². The second-order valence-electron chi connectivity index (χ2n) is 3.76. The van der Waals surface area contributed by atoms with Gasteiger partial charge >= 0.3 is 5.97 Å². The number of carboxylic acids is 1. The van der Waals surface area contributed by atoms with Crippen molar-refractivity contribution in [1.82, 2.24) is 5.32 Å². The lowest BCUT2D eigenvalue weighted by Gasteiger charge is -2.25. The van der Waals surface area contributed by atoms with Crippen LogP contribution < -0.4 is 5.32 Å². The van der Waals surface area contributed by atoms with Gasteiger partial charge < -0.3 is 10.2 Å². The van der Waals surface area contributed by atoms with E-state index in [1.165, 1.54) is 5.94 Å². The SMILES string of the molecule is O=C=C(O)C(NC1CCCCC1)C(=O)O. The number of rotatable bonds is 4. The lowest BCUT2D eigenvalue weighted by molar-refractivity contribution is -0.139. The van der Waals surface area contributed by atoms with Gasteiger partial charge in [-0.05, 0) is 12.8 Å². The Labute approximate surface area is 87.8 Å². The van der Waals surface area contributed by atoms with Crippen molar-refractivity contribution in [2.24, 2.45) is 0 Å². The van der Waals surface area contributed by atoms with Gasteiger partial charge in [0.05, 0.1) is 0 Å². The van der Waals surface area contributed by atoms with Crippen LogP contribution in [0.25, 0.3) is 0 Å². The Bertz CT molecular complexity index is 277. The van der Waals surface area contributed by atoms with Crippen molar-refractivity contribution in [3.8, 4) is 0 Å². The molecule has 3 N–H and O–H groups in total. The van der Waals surface area contributed by atoms with Crippen molar-refractivity contribution in [3.63, 3.8) is 0 Å². The minimum absolute atomic E-state index is 0.0651. The number of carbonyl (C=O) groups excluding carboxylic acids is 1. The lowest BCUT2D eigenvalue weighted by atomic mass is 9.95. The van der Waals surface area contributed by atoms with Gasteiger partial charge in [0.25, 0.3) is 0 Å². The molecule has 0 bridgehead atoms. The van der Waals surface area contributed by atoms with Crippen molar-refractivity contribution in [3.05, 3.63) is 5.76 Å². The zero-order valence-corrected chi connectivity index (χ0v) is 8.40. The van der Waals surface area contributed by atoms with Gasteiger partial charge in [-0.2, -0.15) is 0 Å². The number of aliphatic hydroxyl groups is 1. The van der Waals surface area contributed by atoms with Crippen LogP contribution >= 0.6 is 0 Å². The van der Waals surface area contributed by atoms with Gasteiger partial charge in [-0.25, -0.2) is 9.59 Å². The van der Waals surface area contributed by atoms with Gasteiger partial charge in [0.15, 0.2) is 12.0 Å². The van der Waals surface area contributed by atoms with E-state index in [0.717, 1.165) is 32.1 Å². The molecule has 1 saturated carbocycles. The predicted octanol–water partition coefficient (Wildman–Crippen LogP) is 0.635. The number of aliphatic carboxylic acids is 1. The fourth-order valence-electron chi connectivity index (χ4n) is 1.83. The number of hydrogen-bond donors (Lipinski definition) is 3. The summed E-state index contributed by atoms with van der Waals surface area (Å²) in [5.41, 5.74) is 0. The summed E-state index contributed by atoms with van der Waals surface area (Å²) in [7, 11) is 0. The van der Waals surface area contributed by atoms with Gasteiger partial charge in [-0.15, -0.1) is 0 Å². The smallest absolute Gasteiger partial charge is 0.329 e. The molecule has 1 rings (SSSR count). The van der Waals surface area contributed by atoms with E-state index in [0.29, 0.717) is 0 Å². The third-order valence-electron chi connectivity index (χ3n) is 2.63. The lowest BCUT2D eigenvalue weighted by Crippen LogP contribution is -2.45. The van der Waals surface area contributed by atoms with Gasteiger partial charge in [0, 0.05) is 6.04 Å². The van der Waals surface area contributed by atoms with Gasteiger partial charge in [0.2, 0.25) is 5.76 Å². The Morgan fingerprint density at radius 1 is 1.27 bits per heavy atom. The molecule has 0 aromatic rings. The number of carbonyl (C=O) groups is 1. The van der Waals surface area contributed by atoms with Crippen LogP contribution in [0, 0.1) is 0 Å². The monoisotopic (exact) mass is 213 g/mol. The topological polar surface area (TPSA) is 86.6 Å². The standard InChI is InChI=1S/C10H15NO4/c12-6-8(13)9(10(14)15)11-7-4-2-1-3-5-7/h7,9,11,13H,1-5H2,(H,14,15). The summed E-state index contributed by atoms with van der Waals surface area (Å²) >= 11 is 0. The molecule has 0 aromatic heterocycles. The van der Waals surface area contributed by atoms with Crippen molar-refractivity contribution in [2.75, 3.05) is 0 Å². The minimum Gasteiger partial charge on any atom is -0.500 e. The van der Waals surface area contributed by atoms with Crippen molar-refractivity contribution in [1.29, 1.82) is 0 Å². The molecule has 5 nitrogen and oxygen atoms in total. The second-order valence-corrected chi connectivity index (χ2v) is 3.76. The van der Waals surface area contributed by atoms with E-state index in [1.807, 2.05) is 0 Å². The Morgan fingerprint density at radius 2 is 1.87 bits per heavy atom. The highest BCUT2D eigenvalue weighted by molar-refractivity contribution is 5.80. The van der Waals surface area contributed by atoms with E-state index in [-0.39, 0.29) is 6.04 Å². The molecule has 15 heavy (non-hydrogen) atoms. The number of aliphatic hydroxyl groups excluding tert-OH is 1. The van der Waals surface area contributed by atoms with Crippen LogP contribution in [0.4, 0.5) is 0 Å². The molecule has 0 saturated heterocycles. The first-order valence-corrected chi connectivity index (χ1v) is 5.08. The van der Waals surface area contributed by atoms with Gasteiger partial charge in [-0.1, -0.05) is 19.3 Å². The van der Waals surface area contributed by atoms with Crippen LogP contribution in [0.3, 0.4) is 0 Å². The summed E-state index contributed by atoms with van der Waals surface area (Å²) in [4.78, 5) is 20.9. The number of carboxylic acid groups (broad SMARTS) is 1. The number of hydrogen-bond acceptors (Lipinski definition) is 4. The number of nitrogens with one attached hydrogen (secondary N) is 1. The average molecular weight is 213 g/mol. The zero-order valence-electron chi connectivity index (χ0n) is 8.40. The Balaban J connectivity index is 2.57. The fraction of sp³-hybridized carbons (Fsp3) is 0.700. The van der Waals surface area contributed by atoms with Gasteiger partial charge in [0.1, 0.15) is 0 Å². The van der Waals surface area contributed by atoms with Crippen LogP contribution in [0.15, 0.2) is 5.76 Å². The second kappa shape index (κ2) is 5.53. The summed E-state index contributed by atoms with van der Waals surface area (Å²) in [5, 5.41) is 20.6. The summed E-state index contributed by atoms with van der Waals surface area (Å²) < 4.78 is 0. The molecule has 1 aliphatic carbocycles. The van der Waals surface area contributed by atoms with Gasteiger partial charge in [-0.3, -0.25) is 5.32 Å². The van der Waals surface area contributed by atoms with E-state index in [9.17, 15) is 9.59 Å². The quantitative estimate of drug-likeness (QED) is 0.471. The molecule has 0 spiro atoms. The summed E-state index contributed by atoms with van der Waals surface area (Å²) in [6.07, 6.45) is 5.03. The highest BCUT2D eigenvalue weighted by atomic mass is 16.4. The molecular weight excluding hydrogens is 198 g/mol. The predicted molar refractivity (Wildman–Crippen MR) is 53.3 cm³/mol. The molecule has 1 atom stereocenters. The van der Waals surface area contributed by atoms with E-state index in [2.05, 4.69) is 5.32 Å². The Hall–Kier alpha value is -1.32.